The first kappa shape index (κ1) is 23.0. The quantitative estimate of drug-likeness (QED) is 0.359. The minimum atomic E-state index is -4.12. The molecule has 3 rings (SSSR count). The lowest BCUT2D eigenvalue weighted by atomic mass is 10.1. The molecule has 3 unspecified atom stereocenters. The van der Waals surface area contributed by atoms with E-state index in [2.05, 4.69) is 15.2 Å². The summed E-state index contributed by atoms with van der Waals surface area (Å²) < 4.78 is 49.1. The molecule has 0 amide bonds. The predicted octanol–water partition coefficient (Wildman–Crippen LogP) is 1.94. The van der Waals surface area contributed by atoms with Crippen LogP contribution in [0.3, 0.4) is 0 Å². The van der Waals surface area contributed by atoms with E-state index in [-0.39, 0.29) is 42.1 Å². The molecule has 3 heterocycles. The number of ether oxygens (including phenoxy) is 2. The van der Waals surface area contributed by atoms with Crippen LogP contribution in [0, 0.1) is 5.92 Å². The molecule has 0 aromatic rings. The van der Waals surface area contributed by atoms with Gasteiger partial charge in [0, 0.05) is 39.8 Å². The molecule has 6 nitrogen and oxygen atoms in total. The lowest BCUT2D eigenvalue weighted by Crippen LogP contribution is -2.53. The van der Waals surface area contributed by atoms with E-state index in [1.165, 1.54) is 4.90 Å². The number of hydrogen-bond acceptors (Lipinski definition) is 4. The van der Waals surface area contributed by atoms with Crippen LogP contribution in [0.4, 0.5) is 13.2 Å². The van der Waals surface area contributed by atoms with Crippen LogP contribution in [0.1, 0.15) is 19.3 Å². The molecule has 0 radical (unpaired) electrons. The van der Waals surface area contributed by atoms with Crippen molar-refractivity contribution in [1.29, 1.82) is 0 Å². The zero-order valence-electron chi connectivity index (χ0n) is 15.7. The maximum absolute atomic E-state index is 12.5. The highest BCUT2D eigenvalue weighted by Crippen LogP contribution is 2.23. The summed E-state index contributed by atoms with van der Waals surface area (Å²) in [5.74, 6) is 1.01. The lowest BCUT2D eigenvalue weighted by Gasteiger charge is -2.37. The Morgan fingerprint density at radius 1 is 1.11 bits per heavy atom. The molecule has 27 heavy (non-hydrogen) atoms. The summed E-state index contributed by atoms with van der Waals surface area (Å²) in [5, 5.41) is 3.35. The Balaban J connectivity index is 0.00000261. The van der Waals surface area contributed by atoms with Gasteiger partial charge in [0.25, 0.3) is 0 Å². The van der Waals surface area contributed by atoms with Crippen molar-refractivity contribution in [1.82, 2.24) is 15.1 Å². The molecule has 1 N–H and O–H groups in total. The van der Waals surface area contributed by atoms with Crippen molar-refractivity contribution in [3.8, 4) is 0 Å². The van der Waals surface area contributed by atoms with Crippen molar-refractivity contribution in [2.24, 2.45) is 10.9 Å². The van der Waals surface area contributed by atoms with Gasteiger partial charge in [-0.3, -0.25) is 9.89 Å². The summed E-state index contributed by atoms with van der Waals surface area (Å²) >= 11 is 0. The molecule has 3 atom stereocenters. The van der Waals surface area contributed by atoms with Crippen molar-refractivity contribution in [3.63, 3.8) is 0 Å². The predicted molar refractivity (Wildman–Crippen MR) is 108 cm³/mol. The minimum absolute atomic E-state index is 0. The van der Waals surface area contributed by atoms with E-state index in [0.717, 1.165) is 44.9 Å². The van der Waals surface area contributed by atoms with Crippen molar-refractivity contribution in [3.05, 3.63) is 0 Å². The van der Waals surface area contributed by atoms with Gasteiger partial charge in [-0.2, -0.15) is 13.2 Å². The van der Waals surface area contributed by atoms with E-state index in [0.29, 0.717) is 26.2 Å². The van der Waals surface area contributed by atoms with E-state index in [1.54, 1.807) is 7.05 Å². The second kappa shape index (κ2) is 10.4. The number of nitrogens with zero attached hydrogens (tertiary/aromatic N) is 3. The summed E-state index contributed by atoms with van der Waals surface area (Å²) in [6.45, 7) is 3.73. The Morgan fingerprint density at radius 2 is 1.89 bits per heavy atom. The maximum atomic E-state index is 12.5. The smallest absolute Gasteiger partial charge is 0.375 e. The average Bonchev–Trinajstić information content (AvgIpc) is 3.26. The van der Waals surface area contributed by atoms with Crippen LogP contribution >= 0.6 is 24.0 Å². The summed E-state index contributed by atoms with van der Waals surface area (Å²) in [7, 11) is 1.74. The average molecular weight is 506 g/mol. The van der Waals surface area contributed by atoms with Gasteiger partial charge >= 0.3 is 6.18 Å². The molecule has 0 spiro atoms. The van der Waals surface area contributed by atoms with Crippen LogP contribution < -0.4 is 5.32 Å². The molecular weight excluding hydrogens is 476 g/mol. The second-order valence-corrected chi connectivity index (χ2v) is 7.34. The van der Waals surface area contributed by atoms with Gasteiger partial charge < -0.3 is 19.7 Å². The van der Waals surface area contributed by atoms with Gasteiger partial charge in [0.15, 0.2) is 5.96 Å². The molecule has 0 saturated carbocycles. The van der Waals surface area contributed by atoms with Crippen molar-refractivity contribution in [2.75, 3.05) is 59.5 Å². The van der Waals surface area contributed by atoms with Crippen LogP contribution in [0.25, 0.3) is 0 Å². The van der Waals surface area contributed by atoms with Crippen LogP contribution in [0.5, 0.6) is 0 Å². The van der Waals surface area contributed by atoms with E-state index < -0.39 is 12.7 Å². The number of alkyl halides is 3. The van der Waals surface area contributed by atoms with Gasteiger partial charge in [-0.1, -0.05) is 0 Å². The monoisotopic (exact) mass is 506 g/mol. The van der Waals surface area contributed by atoms with E-state index >= 15 is 0 Å². The summed E-state index contributed by atoms with van der Waals surface area (Å²) in [6, 6.07) is 0. The number of halogens is 4. The number of guanidine groups is 1. The first-order valence-corrected chi connectivity index (χ1v) is 9.42. The Bertz CT molecular complexity index is 489. The first-order valence-electron chi connectivity index (χ1n) is 9.42. The van der Waals surface area contributed by atoms with Gasteiger partial charge in [0.2, 0.25) is 0 Å². The van der Waals surface area contributed by atoms with Crippen molar-refractivity contribution >= 4 is 29.9 Å². The van der Waals surface area contributed by atoms with Gasteiger partial charge in [0.05, 0.1) is 19.3 Å². The lowest BCUT2D eigenvalue weighted by molar-refractivity contribution is -0.143. The van der Waals surface area contributed by atoms with Gasteiger partial charge in [-0.15, -0.1) is 24.0 Å². The highest BCUT2D eigenvalue weighted by molar-refractivity contribution is 14.0. The molecule has 0 bridgehead atoms. The Hall–Kier alpha value is -0.330. The fourth-order valence-corrected chi connectivity index (χ4v) is 4.03. The fourth-order valence-electron chi connectivity index (χ4n) is 4.03. The highest BCUT2D eigenvalue weighted by Gasteiger charge is 2.35. The highest BCUT2D eigenvalue weighted by atomic mass is 127. The number of aliphatic imine (C=N–C) groups is 1. The van der Waals surface area contributed by atoms with E-state index in [4.69, 9.17) is 9.47 Å². The third-order valence-electron chi connectivity index (χ3n) is 5.31. The van der Waals surface area contributed by atoms with Crippen LogP contribution in [0.15, 0.2) is 4.99 Å². The number of rotatable bonds is 4. The van der Waals surface area contributed by atoms with Gasteiger partial charge in [-0.05, 0) is 31.7 Å². The molecule has 0 aliphatic carbocycles. The fraction of sp³-hybridized carbons (Fsp3) is 0.941. The Labute approximate surface area is 175 Å². The second-order valence-electron chi connectivity index (χ2n) is 7.34. The van der Waals surface area contributed by atoms with Crippen LogP contribution in [-0.4, -0.2) is 93.7 Å². The zero-order valence-corrected chi connectivity index (χ0v) is 18.0. The van der Waals surface area contributed by atoms with E-state index in [9.17, 15) is 13.2 Å². The molecule has 3 aliphatic heterocycles. The SMILES string of the molecule is CN=C(NCC1CCN(CC(F)(F)F)C1)N1CCOC(C2CCCO2)C1.I. The van der Waals surface area contributed by atoms with Crippen LogP contribution in [-0.2, 0) is 9.47 Å². The topological polar surface area (TPSA) is 49.3 Å². The summed E-state index contributed by atoms with van der Waals surface area (Å²) in [4.78, 5) is 8.00. The molecule has 0 aromatic carbocycles. The Morgan fingerprint density at radius 3 is 2.56 bits per heavy atom. The standard InChI is InChI=1S/C17H29F3N4O2.HI/c1-21-16(22-9-13-4-5-23(10-13)12-17(18,19)20)24-6-8-26-15(11-24)14-3-2-7-25-14;/h13-15H,2-12H2,1H3,(H,21,22);1H. The van der Waals surface area contributed by atoms with E-state index in [1.807, 2.05) is 0 Å². The summed E-state index contributed by atoms with van der Waals surface area (Å²) in [5.41, 5.74) is 0. The number of nitrogens with one attached hydrogen (secondary N) is 1. The Kier molecular flexibility index (Phi) is 8.88. The molecule has 0 aromatic heterocycles. The number of likely N-dealkylation sites (tertiary alicyclic amines) is 1. The van der Waals surface area contributed by atoms with Crippen LogP contribution in [0.2, 0.25) is 0 Å². The van der Waals surface area contributed by atoms with Gasteiger partial charge in [-0.25, -0.2) is 0 Å². The third-order valence-corrected chi connectivity index (χ3v) is 5.31. The zero-order chi connectivity index (χ0) is 18.6. The van der Waals surface area contributed by atoms with Gasteiger partial charge in [0.1, 0.15) is 6.10 Å². The molecule has 3 fully saturated rings. The largest absolute Gasteiger partial charge is 0.401 e. The molecule has 3 aliphatic rings. The number of morpholine rings is 1. The van der Waals surface area contributed by atoms with Crippen molar-refractivity contribution < 1.29 is 22.6 Å². The molecule has 10 heteroatoms. The minimum Gasteiger partial charge on any atom is -0.375 e. The maximum Gasteiger partial charge on any atom is 0.401 e. The third kappa shape index (κ3) is 6.90. The molecule has 3 saturated heterocycles. The van der Waals surface area contributed by atoms with Crippen molar-refractivity contribution in [2.45, 2.75) is 37.6 Å². The first-order chi connectivity index (χ1) is 12.4. The molecular formula is C17H30F3IN4O2. The number of hydrogen-bond donors (Lipinski definition) is 1. The normalized spacial score (nSPS) is 30.4. The molecule has 158 valence electrons. The summed E-state index contributed by atoms with van der Waals surface area (Å²) in [6.07, 6.45) is -1.03.